The van der Waals surface area contributed by atoms with Crippen LogP contribution in [-0.4, -0.2) is 44.0 Å². The zero-order valence-electron chi connectivity index (χ0n) is 16.5. The number of hydrogen-bond acceptors (Lipinski definition) is 3. The summed E-state index contributed by atoms with van der Waals surface area (Å²) in [6.45, 7) is 3.62. The monoisotopic (exact) mass is 381 g/mol. The predicted molar refractivity (Wildman–Crippen MR) is 110 cm³/mol. The quantitative estimate of drug-likeness (QED) is 0.856. The third kappa shape index (κ3) is 3.90. The topological polar surface area (TPSA) is 35.6 Å². The smallest absolute Gasteiger partial charge is 0.254 e. The number of nitrogens with zero attached hydrogens (tertiary/aromatic N) is 2. The van der Waals surface area contributed by atoms with Crippen LogP contribution in [0.5, 0.6) is 0 Å². The van der Waals surface area contributed by atoms with Crippen LogP contribution in [0.15, 0.2) is 42.5 Å². The Hall–Kier alpha value is -2.40. The fraction of sp³-hybridized carbons (Fsp3) is 0.435. The molecule has 0 bridgehead atoms. The van der Waals surface area contributed by atoms with Crippen molar-refractivity contribution in [2.75, 3.05) is 38.1 Å². The van der Waals surface area contributed by atoms with E-state index in [0.29, 0.717) is 6.54 Å². The molecule has 5 heteroatoms. The minimum absolute atomic E-state index is 0.107. The molecule has 0 radical (unpaired) electrons. The van der Waals surface area contributed by atoms with Gasteiger partial charge in [0, 0.05) is 25.8 Å². The van der Waals surface area contributed by atoms with Crippen molar-refractivity contribution in [1.82, 2.24) is 10.2 Å². The van der Waals surface area contributed by atoms with Crippen LogP contribution in [-0.2, 0) is 6.42 Å². The molecule has 1 atom stereocenters. The minimum atomic E-state index is -0.477. The molecule has 1 amide bonds. The van der Waals surface area contributed by atoms with E-state index in [-0.39, 0.29) is 17.5 Å². The molecular formula is C23H28FN3O. The summed E-state index contributed by atoms with van der Waals surface area (Å²) in [5, 5.41) is 2.98. The molecule has 1 N–H and O–H groups in total. The van der Waals surface area contributed by atoms with E-state index >= 15 is 0 Å². The fourth-order valence-corrected chi connectivity index (χ4v) is 4.41. The van der Waals surface area contributed by atoms with Crippen molar-refractivity contribution in [1.29, 1.82) is 0 Å². The molecule has 0 aliphatic carbocycles. The number of likely N-dealkylation sites (tertiary alicyclic amines) is 1. The van der Waals surface area contributed by atoms with Gasteiger partial charge in [0.25, 0.3) is 5.91 Å². The molecule has 0 saturated carbocycles. The van der Waals surface area contributed by atoms with E-state index in [4.69, 9.17) is 0 Å². The van der Waals surface area contributed by atoms with Crippen LogP contribution in [0.25, 0.3) is 0 Å². The number of carbonyl (C=O) groups excluding carboxylic acids is 1. The second-order valence-electron chi connectivity index (χ2n) is 7.86. The molecule has 1 fully saturated rings. The van der Waals surface area contributed by atoms with Gasteiger partial charge in [-0.1, -0.05) is 30.7 Å². The summed E-state index contributed by atoms with van der Waals surface area (Å²) >= 11 is 0. The fourth-order valence-electron chi connectivity index (χ4n) is 4.41. The highest BCUT2D eigenvalue weighted by Crippen LogP contribution is 2.32. The van der Waals surface area contributed by atoms with Gasteiger partial charge in [-0.25, -0.2) is 4.39 Å². The lowest BCUT2D eigenvalue weighted by Crippen LogP contribution is -2.40. The minimum Gasteiger partial charge on any atom is -0.374 e. The zero-order valence-corrected chi connectivity index (χ0v) is 16.5. The largest absolute Gasteiger partial charge is 0.374 e. The first-order valence-corrected chi connectivity index (χ1v) is 10.2. The number of fused-ring (bicyclic) bond motifs is 1. The van der Waals surface area contributed by atoms with E-state index in [1.165, 1.54) is 48.2 Å². The summed E-state index contributed by atoms with van der Waals surface area (Å²) in [5.74, 6) is -0.823. The molecule has 28 heavy (non-hydrogen) atoms. The Balaban J connectivity index is 1.54. The zero-order chi connectivity index (χ0) is 19.5. The molecule has 0 spiro atoms. The number of hydrogen-bond donors (Lipinski definition) is 1. The summed E-state index contributed by atoms with van der Waals surface area (Å²) in [6, 6.07) is 13.0. The Morgan fingerprint density at radius 3 is 2.68 bits per heavy atom. The highest BCUT2D eigenvalue weighted by Gasteiger charge is 2.25. The maximum absolute atomic E-state index is 14.0. The van der Waals surface area contributed by atoms with E-state index in [9.17, 15) is 9.18 Å². The van der Waals surface area contributed by atoms with E-state index in [2.05, 4.69) is 40.4 Å². The SMILES string of the molecule is CN1CCc2cc(C(CNC(=O)c3ccccc3F)N3CCCCC3)ccc21. The van der Waals surface area contributed by atoms with Gasteiger partial charge in [0.2, 0.25) is 0 Å². The summed E-state index contributed by atoms with van der Waals surface area (Å²) in [5.41, 5.74) is 4.03. The Morgan fingerprint density at radius 2 is 1.89 bits per heavy atom. The molecule has 2 aliphatic rings. The van der Waals surface area contributed by atoms with Gasteiger partial charge in [-0.3, -0.25) is 9.69 Å². The number of benzene rings is 2. The molecule has 4 rings (SSSR count). The van der Waals surface area contributed by atoms with Crippen LogP contribution < -0.4 is 10.2 Å². The number of amides is 1. The van der Waals surface area contributed by atoms with Gasteiger partial charge in [-0.15, -0.1) is 0 Å². The van der Waals surface area contributed by atoms with Crippen molar-refractivity contribution in [3.05, 3.63) is 65.0 Å². The number of carbonyl (C=O) groups is 1. The number of rotatable bonds is 5. The predicted octanol–water partition coefficient (Wildman–Crippen LogP) is 3.78. The van der Waals surface area contributed by atoms with E-state index in [1.54, 1.807) is 12.1 Å². The molecular weight excluding hydrogens is 353 g/mol. The Kier molecular flexibility index (Phi) is 5.62. The van der Waals surface area contributed by atoms with Crippen molar-refractivity contribution >= 4 is 11.6 Å². The van der Waals surface area contributed by atoms with Crippen LogP contribution in [0.3, 0.4) is 0 Å². The second-order valence-corrected chi connectivity index (χ2v) is 7.86. The van der Waals surface area contributed by atoms with Crippen LogP contribution in [0.4, 0.5) is 10.1 Å². The number of anilines is 1. The lowest BCUT2D eigenvalue weighted by Gasteiger charge is -2.35. The van der Waals surface area contributed by atoms with Gasteiger partial charge in [-0.2, -0.15) is 0 Å². The summed E-state index contributed by atoms with van der Waals surface area (Å²) < 4.78 is 14.0. The molecule has 4 nitrogen and oxygen atoms in total. The third-order valence-electron chi connectivity index (χ3n) is 6.02. The van der Waals surface area contributed by atoms with Crippen LogP contribution in [0.2, 0.25) is 0 Å². The van der Waals surface area contributed by atoms with Crippen LogP contribution >= 0.6 is 0 Å². The Morgan fingerprint density at radius 1 is 1.11 bits per heavy atom. The van der Waals surface area contributed by atoms with Gasteiger partial charge in [0.05, 0.1) is 11.6 Å². The summed E-state index contributed by atoms with van der Waals surface area (Å²) in [4.78, 5) is 17.3. The van der Waals surface area contributed by atoms with Gasteiger partial charge in [0.15, 0.2) is 0 Å². The Labute approximate surface area is 166 Å². The lowest BCUT2D eigenvalue weighted by molar-refractivity contribution is 0.0920. The van der Waals surface area contributed by atoms with Gasteiger partial charge in [0.1, 0.15) is 5.82 Å². The average molecular weight is 381 g/mol. The number of nitrogens with one attached hydrogen (secondary N) is 1. The number of likely N-dealkylation sites (N-methyl/N-ethyl adjacent to an activating group) is 1. The first-order chi connectivity index (χ1) is 13.6. The van der Waals surface area contributed by atoms with Crippen molar-refractivity contribution < 1.29 is 9.18 Å². The second kappa shape index (κ2) is 8.31. The van der Waals surface area contributed by atoms with Gasteiger partial charge in [-0.05, 0) is 61.7 Å². The number of halogens is 1. The Bertz CT molecular complexity index is 847. The van der Waals surface area contributed by atoms with E-state index in [1.807, 2.05) is 0 Å². The van der Waals surface area contributed by atoms with Crippen molar-refractivity contribution in [3.8, 4) is 0 Å². The highest BCUT2D eigenvalue weighted by atomic mass is 19.1. The third-order valence-corrected chi connectivity index (χ3v) is 6.02. The molecule has 1 unspecified atom stereocenters. The van der Waals surface area contributed by atoms with E-state index < -0.39 is 5.82 Å². The average Bonchev–Trinajstić information content (AvgIpc) is 3.09. The maximum Gasteiger partial charge on any atom is 0.254 e. The number of piperidine rings is 1. The van der Waals surface area contributed by atoms with Crippen molar-refractivity contribution in [3.63, 3.8) is 0 Å². The van der Waals surface area contributed by atoms with E-state index in [0.717, 1.165) is 26.1 Å². The molecule has 1 saturated heterocycles. The van der Waals surface area contributed by atoms with Crippen molar-refractivity contribution in [2.24, 2.45) is 0 Å². The molecule has 2 heterocycles. The molecule has 2 aliphatic heterocycles. The molecule has 148 valence electrons. The molecule has 2 aromatic carbocycles. The van der Waals surface area contributed by atoms with Crippen molar-refractivity contribution in [2.45, 2.75) is 31.7 Å². The summed E-state index contributed by atoms with van der Waals surface area (Å²) in [6.07, 6.45) is 4.70. The molecule has 2 aromatic rings. The first-order valence-electron chi connectivity index (χ1n) is 10.2. The first kappa shape index (κ1) is 18.9. The summed E-state index contributed by atoms with van der Waals surface area (Å²) in [7, 11) is 2.13. The maximum atomic E-state index is 14.0. The molecule has 0 aromatic heterocycles. The standard InChI is InChI=1S/C23H28FN3O/c1-26-14-11-18-15-17(9-10-21(18)26)22(27-12-5-2-6-13-27)16-25-23(28)19-7-3-4-8-20(19)24/h3-4,7-10,15,22H,2,5-6,11-14,16H2,1H3,(H,25,28). The van der Waals surface area contributed by atoms with Gasteiger partial charge >= 0.3 is 0 Å². The van der Waals surface area contributed by atoms with Crippen LogP contribution in [0, 0.1) is 5.82 Å². The lowest BCUT2D eigenvalue weighted by atomic mass is 9.98. The van der Waals surface area contributed by atoms with Gasteiger partial charge < -0.3 is 10.2 Å². The normalized spacial score (nSPS) is 18.0. The highest BCUT2D eigenvalue weighted by molar-refractivity contribution is 5.94. The van der Waals surface area contributed by atoms with Crippen LogP contribution in [0.1, 0.15) is 46.8 Å².